The summed E-state index contributed by atoms with van der Waals surface area (Å²) in [6.07, 6.45) is 1.10. The van der Waals surface area contributed by atoms with Crippen LogP contribution in [0.25, 0.3) is 0 Å². The average molecular weight is 222 g/mol. The predicted molar refractivity (Wildman–Crippen MR) is 60.1 cm³/mol. The molecular formula is C12H14O4. The molecule has 16 heavy (non-hydrogen) atoms. The highest BCUT2D eigenvalue weighted by molar-refractivity contribution is 5.87. The maximum Gasteiger partial charge on any atom is 0.335 e. The monoisotopic (exact) mass is 222 g/mol. The predicted octanol–water partition coefficient (Wildman–Crippen LogP) is 2.39. The van der Waals surface area contributed by atoms with E-state index in [1.165, 1.54) is 6.92 Å². The first-order chi connectivity index (χ1) is 7.47. The minimum absolute atomic E-state index is 0.329. The summed E-state index contributed by atoms with van der Waals surface area (Å²) in [7, 11) is 0. The molecule has 0 unspecified atom stereocenters. The van der Waals surface area contributed by atoms with Gasteiger partial charge in [-0.1, -0.05) is 24.3 Å². The van der Waals surface area contributed by atoms with Crippen molar-refractivity contribution in [2.24, 2.45) is 0 Å². The van der Waals surface area contributed by atoms with E-state index in [-0.39, 0.29) is 5.97 Å². The van der Waals surface area contributed by atoms with E-state index < -0.39 is 5.97 Å². The number of carboxylic acids is 1. The van der Waals surface area contributed by atoms with Gasteiger partial charge < -0.3 is 9.84 Å². The van der Waals surface area contributed by atoms with Crippen LogP contribution in [0, 0.1) is 6.92 Å². The van der Waals surface area contributed by atoms with E-state index in [9.17, 15) is 9.59 Å². The molecule has 1 aromatic carbocycles. The zero-order valence-electron chi connectivity index (χ0n) is 9.27. The van der Waals surface area contributed by atoms with Gasteiger partial charge in [0.2, 0.25) is 0 Å². The molecule has 1 rings (SSSR count). The molecule has 0 spiro atoms. The number of rotatable bonds is 2. The Hall–Kier alpha value is -2.10. The SMILES string of the molecule is C=COC(C)=O.Cc1ccc(C(=O)O)cc1. The van der Waals surface area contributed by atoms with Crippen LogP contribution < -0.4 is 0 Å². The summed E-state index contributed by atoms with van der Waals surface area (Å²) in [5.74, 6) is -1.20. The van der Waals surface area contributed by atoms with Gasteiger partial charge in [-0.3, -0.25) is 4.79 Å². The number of hydrogen-bond donors (Lipinski definition) is 1. The quantitative estimate of drug-likeness (QED) is 0.616. The van der Waals surface area contributed by atoms with Crippen LogP contribution in [-0.2, 0) is 9.53 Å². The number of carbonyl (C=O) groups excluding carboxylic acids is 1. The van der Waals surface area contributed by atoms with Crippen LogP contribution in [0.5, 0.6) is 0 Å². The summed E-state index contributed by atoms with van der Waals surface area (Å²) in [6.45, 7) is 6.40. The van der Waals surface area contributed by atoms with Gasteiger partial charge in [-0.15, -0.1) is 0 Å². The number of benzene rings is 1. The molecule has 0 fully saturated rings. The molecule has 0 bridgehead atoms. The molecule has 0 amide bonds. The number of aryl methyl sites for hydroxylation is 1. The minimum Gasteiger partial charge on any atom is -0.478 e. The summed E-state index contributed by atoms with van der Waals surface area (Å²) in [5, 5.41) is 8.48. The standard InChI is InChI=1S/C8H8O2.C4H6O2/c1-6-2-4-7(5-3-6)8(9)10;1-3-6-4(2)5/h2-5H,1H3,(H,9,10);3H,1H2,2H3. The van der Waals surface area contributed by atoms with Gasteiger partial charge in [-0.2, -0.15) is 0 Å². The number of aromatic carboxylic acids is 1. The largest absolute Gasteiger partial charge is 0.478 e. The Morgan fingerprint density at radius 1 is 1.31 bits per heavy atom. The number of carboxylic acid groups (broad SMARTS) is 1. The summed E-state index contributed by atoms with van der Waals surface area (Å²) in [5.41, 5.74) is 1.41. The van der Waals surface area contributed by atoms with E-state index in [4.69, 9.17) is 5.11 Å². The lowest BCUT2D eigenvalue weighted by atomic mass is 10.2. The van der Waals surface area contributed by atoms with Crippen molar-refractivity contribution in [1.82, 2.24) is 0 Å². The van der Waals surface area contributed by atoms with E-state index in [0.717, 1.165) is 11.8 Å². The third kappa shape index (κ3) is 6.37. The molecule has 0 aliphatic carbocycles. The normalized spacial score (nSPS) is 8.38. The maximum absolute atomic E-state index is 10.3. The molecule has 0 aliphatic heterocycles. The molecule has 0 heterocycles. The fourth-order valence-electron chi connectivity index (χ4n) is 0.813. The van der Waals surface area contributed by atoms with Crippen molar-refractivity contribution in [3.05, 3.63) is 48.2 Å². The smallest absolute Gasteiger partial charge is 0.335 e. The summed E-state index contributed by atoms with van der Waals surface area (Å²) in [6, 6.07) is 6.75. The van der Waals surface area contributed by atoms with Gasteiger partial charge in [0.05, 0.1) is 11.8 Å². The Bertz CT molecular complexity index is 365. The molecule has 0 aromatic heterocycles. The van der Waals surface area contributed by atoms with Gasteiger partial charge >= 0.3 is 11.9 Å². The van der Waals surface area contributed by atoms with Crippen LogP contribution in [0.4, 0.5) is 0 Å². The molecule has 4 heteroatoms. The zero-order chi connectivity index (χ0) is 12.6. The summed E-state index contributed by atoms with van der Waals surface area (Å²) >= 11 is 0. The van der Waals surface area contributed by atoms with Crippen molar-refractivity contribution in [1.29, 1.82) is 0 Å². The molecule has 0 saturated heterocycles. The second-order valence-electron chi connectivity index (χ2n) is 2.95. The molecule has 0 radical (unpaired) electrons. The zero-order valence-corrected chi connectivity index (χ0v) is 9.27. The third-order valence-corrected chi connectivity index (χ3v) is 1.55. The number of esters is 1. The van der Waals surface area contributed by atoms with E-state index in [0.29, 0.717) is 5.56 Å². The van der Waals surface area contributed by atoms with Crippen molar-refractivity contribution in [3.63, 3.8) is 0 Å². The fourth-order valence-corrected chi connectivity index (χ4v) is 0.813. The Morgan fingerprint density at radius 3 is 2.06 bits per heavy atom. The van der Waals surface area contributed by atoms with Gasteiger partial charge in [-0.25, -0.2) is 4.79 Å². The number of carbonyl (C=O) groups is 2. The van der Waals surface area contributed by atoms with Gasteiger partial charge in [0.25, 0.3) is 0 Å². The second-order valence-corrected chi connectivity index (χ2v) is 2.95. The van der Waals surface area contributed by atoms with E-state index in [1.807, 2.05) is 6.92 Å². The van der Waals surface area contributed by atoms with E-state index >= 15 is 0 Å². The highest BCUT2D eigenvalue weighted by Gasteiger charge is 1.98. The number of hydrogen-bond acceptors (Lipinski definition) is 3. The second kappa shape index (κ2) is 7.23. The lowest BCUT2D eigenvalue weighted by Gasteiger charge is -1.92. The van der Waals surface area contributed by atoms with Gasteiger partial charge in [0.1, 0.15) is 0 Å². The van der Waals surface area contributed by atoms with Crippen LogP contribution in [-0.4, -0.2) is 17.0 Å². The van der Waals surface area contributed by atoms with Gasteiger partial charge in [0, 0.05) is 6.92 Å². The molecule has 86 valence electrons. The highest BCUT2D eigenvalue weighted by Crippen LogP contribution is 2.01. The average Bonchev–Trinajstić information content (AvgIpc) is 2.19. The first kappa shape index (κ1) is 13.9. The van der Waals surface area contributed by atoms with Crippen molar-refractivity contribution in [2.75, 3.05) is 0 Å². The highest BCUT2D eigenvalue weighted by atomic mass is 16.5. The Labute approximate surface area is 94.2 Å². The van der Waals surface area contributed by atoms with Crippen molar-refractivity contribution in [3.8, 4) is 0 Å². The van der Waals surface area contributed by atoms with E-state index in [2.05, 4.69) is 11.3 Å². The molecule has 4 nitrogen and oxygen atoms in total. The van der Waals surface area contributed by atoms with Crippen LogP contribution in [0.1, 0.15) is 22.8 Å². The van der Waals surface area contributed by atoms with E-state index in [1.54, 1.807) is 24.3 Å². The molecule has 0 aliphatic rings. The van der Waals surface area contributed by atoms with Crippen molar-refractivity contribution >= 4 is 11.9 Å². The summed E-state index contributed by atoms with van der Waals surface area (Å²) in [4.78, 5) is 20.1. The number of ether oxygens (including phenoxy) is 1. The molecule has 1 aromatic rings. The fraction of sp³-hybridized carbons (Fsp3) is 0.167. The lowest BCUT2D eigenvalue weighted by Crippen LogP contribution is -1.94. The maximum atomic E-state index is 10.3. The Kier molecular flexibility index (Phi) is 6.28. The first-order valence-electron chi connectivity index (χ1n) is 4.55. The van der Waals surface area contributed by atoms with Crippen molar-refractivity contribution < 1.29 is 19.4 Å². The van der Waals surface area contributed by atoms with Crippen LogP contribution in [0.3, 0.4) is 0 Å². The molecular weight excluding hydrogens is 208 g/mol. The molecule has 0 atom stereocenters. The Balaban J connectivity index is 0.000000325. The first-order valence-corrected chi connectivity index (χ1v) is 4.55. The van der Waals surface area contributed by atoms with Crippen LogP contribution >= 0.6 is 0 Å². The Morgan fingerprint density at radius 2 is 1.81 bits per heavy atom. The lowest BCUT2D eigenvalue weighted by molar-refractivity contribution is -0.135. The summed E-state index contributed by atoms with van der Waals surface area (Å²) < 4.78 is 4.17. The van der Waals surface area contributed by atoms with Crippen LogP contribution in [0.15, 0.2) is 37.1 Å². The van der Waals surface area contributed by atoms with Gasteiger partial charge in [-0.05, 0) is 19.1 Å². The minimum atomic E-state index is -0.875. The van der Waals surface area contributed by atoms with Crippen LogP contribution in [0.2, 0.25) is 0 Å². The molecule has 0 saturated carbocycles. The molecule has 1 N–H and O–H groups in total. The van der Waals surface area contributed by atoms with Gasteiger partial charge in [0.15, 0.2) is 0 Å². The van der Waals surface area contributed by atoms with Crippen molar-refractivity contribution in [2.45, 2.75) is 13.8 Å². The third-order valence-electron chi connectivity index (χ3n) is 1.55. The topological polar surface area (TPSA) is 63.6 Å².